The van der Waals surface area contributed by atoms with E-state index in [4.69, 9.17) is 0 Å². The van der Waals surface area contributed by atoms with Gasteiger partial charge >= 0.3 is 5.97 Å². The second-order valence-corrected chi connectivity index (χ2v) is 5.34. The molecular weight excluding hydrogens is 244 g/mol. The van der Waals surface area contributed by atoms with Crippen molar-refractivity contribution in [3.05, 3.63) is 29.6 Å². The van der Waals surface area contributed by atoms with Gasteiger partial charge in [-0.25, -0.2) is 4.79 Å². The van der Waals surface area contributed by atoms with Gasteiger partial charge in [-0.15, -0.1) is 0 Å². The van der Waals surface area contributed by atoms with Gasteiger partial charge in [-0.3, -0.25) is 9.88 Å². The first-order chi connectivity index (χ1) is 9.00. The lowest BCUT2D eigenvalue weighted by Crippen LogP contribution is -2.45. The molecule has 0 saturated carbocycles. The molecule has 1 atom stereocenters. The highest BCUT2D eigenvalue weighted by Gasteiger charge is 2.28. The first-order valence-electron chi connectivity index (χ1n) is 6.48. The zero-order chi connectivity index (χ0) is 13.9. The molecule has 1 N–H and O–H groups in total. The van der Waals surface area contributed by atoms with E-state index in [0.717, 1.165) is 25.1 Å². The Hall–Kier alpha value is -1.46. The summed E-state index contributed by atoms with van der Waals surface area (Å²) in [7, 11) is 1.35. The van der Waals surface area contributed by atoms with Gasteiger partial charge in [0.15, 0.2) is 0 Å². The van der Waals surface area contributed by atoms with Crippen molar-refractivity contribution in [1.82, 2.24) is 9.88 Å². The molecule has 0 amide bonds. The molecule has 5 heteroatoms. The van der Waals surface area contributed by atoms with Gasteiger partial charge in [0.2, 0.25) is 0 Å². The van der Waals surface area contributed by atoms with Crippen LogP contribution in [-0.4, -0.2) is 46.8 Å². The molecule has 1 aliphatic heterocycles. The Balaban J connectivity index is 1.98. The van der Waals surface area contributed by atoms with Crippen molar-refractivity contribution in [3.8, 4) is 0 Å². The molecule has 1 saturated heterocycles. The number of aliphatic hydroxyl groups is 1. The van der Waals surface area contributed by atoms with Gasteiger partial charge < -0.3 is 9.84 Å². The number of β-amino-alcohol motifs (C(OH)–C–C–N with tert-alkyl or cyclic N) is 1. The zero-order valence-electron chi connectivity index (χ0n) is 11.4. The standard InChI is InChI=1S/C14H20N2O3/c1-14(18)6-3-7-16(10-14)9-12-5-4-11(8-15-12)13(17)19-2/h4-5,8,18H,3,6-7,9-10H2,1-2H3. The molecule has 1 aromatic rings. The normalized spacial score (nSPS) is 24.2. The fraction of sp³-hybridized carbons (Fsp3) is 0.571. The lowest BCUT2D eigenvalue weighted by atomic mass is 9.95. The highest BCUT2D eigenvalue weighted by atomic mass is 16.5. The van der Waals surface area contributed by atoms with Gasteiger partial charge in [-0.05, 0) is 38.4 Å². The highest BCUT2D eigenvalue weighted by Crippen LogP contribution is 2.21. The van der Waals surface area contributed by atoms with Crippen molar-refractivity contribution < 1.29 is 14.6 Å². The minimum absolute atomic E-state index is 0.375. The lowest BCUT2D eigenvalue weighted by molar-refractivity contribution is -0.0184. The summed E-state index contributed by atoms with van der Waals surface area (Å²) in [6, 6.07) is 3.55. The summed E-state index contributed by atoms with van der Waals surface area (Å²) in [6.45, 7) is 4.19. The molecule has 1 aromatic heterocycles. The number of likely N-dealkylation sites (tertiary alicyclic amines) is 1. The maximum atomic E-state index is 11.3. The largest absolute Gasteiger partial charge is 0.465 e. The van der Waals surface area contributed by atoms with E-state index in [0.29, 0.717) is 18.7 Å². The maximum absolute atomic E-state index is 11.3. The van der Waals surface area contributed by atoms with Gasteiger partial charge in [-0.1, -0.05) is 0 Å². The lowest BCUT2D eigenvalue weighted by Gasteiger charge is -2.36. The summed E-state index contributed by atoms with van der Waals surface area (Å²) >= 11 is 0. The molecule has 1 aliphatic rings. The summed E-state index contributed by atoms with van der Waals surface area (Å²) in [6.07, 6.45) is 3.37. The van der Waals surface area contributed by atoms with Crippen LogP contribution >= 0.6 is 0 Å². The van der Waals surface area contributed by atoms with Crippen LogP contribution in [0.5, 0.6) is 0 Å². The zero-order valence-corrected chi connectivity index (χ0v) is 11.4. The molecule has 2 rings (SSSR count). The fourth-order valence-electron chi connectivity index (χ4n) is 2.44. The number of nitrogens with zero attached hydrogens (tertiary/aromatic N) is 2. The topological polar surface area (TPSA) is 62.7 Å². The molecule has 0 bridgehead atoms. The van der Waals surface area contributed by atoms with Crippen LogP contribution in [0.2, 0.25) is 0 Å². The third-order valence-corrected chi connectivity index (χ3v) is 3.39. The molecule has 0 radical (unpaired) electrons. The third kappa shape index (κ3) is 3.75. The Morgan fingerprint density at radius 1 is 1.58 bits per heavy atom. The summed E-state index contributed by atoms with van der Waals surface area (Å²) in [5.41, 5.74) is 0.742. The fourth-order valence-corrected chi connectivity index (χ4v) is 2.44. The minimum atomic E-state index is -0.607. The van der Waals surface area contributed by atoms with Crippen molar-refractivity contribution >= 4 is 5.97 Å². The number of ether oxygens (including phenoxy) is 1. The Labute approximate surface area is 113 Å². The van der Waals surface area contributed by atoms with E-state index >= 15 is 0 Å². The van der Waals surface area contributed by atoms with E-state index < -0.39 is 5.60 Å². The number of methoxy groups -OCH3 is 1. The summed E-state index contributed by atoms with van der Waals surface area (Å²) in [5.74, 6) is -0.375. The second kappa shape index (κ2) is 5.67. The predicted molar refractivity (Wildman–Crippen MR) is 70.7 cm³/mol. The van der Waals surface area contributed by atoms with Crippen LogP contribution in [0.3, 0.4) is 0 Å². The number of aromatic nitrogens is 1. The quantitative estimate of drug-likeness (QED) is 0.832. The van der Waals surface area contributed by atoms with Gasteiger partial charge in [0.1, 0.15) is 0 Å². The van der Waals surface area contributed by atoms with Crippen molar-refractivity contribution in [2.24, 2.45) is 0 Å². The molecule has 0 spiro atoms. The van der Waals surface area contributed by atoms with E-state index in [9.17, 15) is 9.90 Å². The number of hydrogen-bond acceptors (Lipinski definition) is 5. The van der Waals surface area contributed by atoms with Crippen molar-refractivity contribution in [3.63, 3.8) is 0 Å². The monoisotopic (exact) mass is 264 g/mol. The number of carbonyl (C=O) groups is 1. The molecule has 5 nitrogen and oxygen atoms in total. The highest BCUT2D eigenvalue weighted by molar-refractivity contribution is 5.88. The van der Waals surface area contributed by atoms with Crippen molar-refractivity contribution in [2.45, 2.75) is 31.9 Å². The van der Waals surface area contributed by atoms with Gasteiger partial charge in [0, 0.05) is 19.3 Å². The molecule has 19 heavy (non-hydrogen) atoms. The first kappa shape index (κ1) is 14.0. The summed E-state index contributed by atoms with van der Waals surface area (Å²) < 4.78 is 4.63. The number of esters is 1. The molecule has 104 valence electrons. The molecule has 0 aliphatic carbocycles. The van der Waals surface area contributed by atoms with Crippen LogP contribution in [-0.2, 0) is 11.3 Å². The van der Waals surface area contributed by atoms with Crippen LogP contribution in [0.25, 0.3) is 0 Å². The SMILES string of the molecule is COC(=O)c1ccc(CN2CCCC(C)(O)C2)nc1. The number of rotatable bonds is 3. The first-order valence-corrected chi connectivity index (χ1v) is 6.48. The number of carbonyl (C=O) groups excluding carboxylic acids is 1. The number of hydrogen-bond donors (Lipinski definition) is 1. The Morgan fingerprint density at radius 3 is 2.95 bits per heavy atom. The van der Waals surface area contributed by atoms with E-state index in [1.165, 1.54) is 13.3 Å². The summed E-state index contributed by atoms with van der Waals surface area (Å²) in [5, 5.41) is 10.0. The molecule has 0 aromatic carbocycles. The van der Waals surface area contributed by atoms with Crippen molar-refractivity contribution in [2.75, 3.05) is 20.2 Å². The van der Waals surface area contributed by atoms with E-state index in [1.54, 1.807) is 6.07 Å². The molecule has 1 fully saturated rings. The Morgan fingerprint density at radius 2 is 2.37 bits per heavy atom. The van der Waals surface area contributed by atoms with Gasteiger partial charge in [-0.2, -0.15) is 0 Å². The Bertz CT molecular complexity index is 443. The number of pyridine rings is 1. The van der Waals surface area contributed by atoms with Crippen LogP contribution in [0, 0.1) is 0 Å². The Kier molecular flexibility index (Phi) is 4.17. The third-order valence-electron chi connectivity index (χ3n) is 3.39. The van der Waals surface area contributed by atoms with Crippen LogP contribution in [0.1, 0.15) is 35.8 Å². The van der Waals surface area contributed by atoms with Gasteiger partial charge in [0.05, 0.1) is 24.0 Å². The average molecular weight is 264 g/mol. The van der Waals surface area contributed by atoms with Crippen molar-refractivity contribution in [1.29, 1.82) is 0 Å². The van der Waals surface area contributed by atoms with Crippen LogP contribution in [0.4, 0.5) is 0 Å². The smallest absolute Gasteiger partial charge is 0.339 e. The van der Waals surface area contributed by atoms with E-state index in [1.807, 2.05) is 13.0 Å². The molecular formula is C14H20N2O3. The predicted octanol–water partition coefficient (Wildman–Crippen LogP) is 1.22. The summed E-state index contributed by atoms with van der Waals surface area (Å²) in [4.78, 5) is 17.7. The molecule has 2 heterocycles. The van der Waals surface area contributed by atoms with Gasteiger partial charge in [0.25, 0.3) is 0 Å². The minimum Gasteiger partial charge on any atom is -0.465 e. The maximum Gasteiger partial charge on any atom is 0.339 e. The van der Waals surface area contributed by atoms with Crippen LogP contribution < -0.4 is 0 Å². The number of piperidine rings is 1. The van der Waals surface area contributed by atoms with E-state index in [-0.39, 0.29) is 5.97 Å². The second-order valence-electron chi connectivity index (χ2n) is 5.34. The average Bonchev–Trinajstić information content (AvgIpc) is 2.37. The van der Waals surface area contributed by atoms with E-state index in [2.05, 4.69) is 14.6 Å². The van der Waals surface area contributed by atoms with Crippen LogP contribution in [0.15, 0.2) is 18.3 Å². The molecule has 1 unspecified atom stereocenters.